The summed E-state index contributed by atoms with van der Waals surface area (Å²) in [5.41, 5.74) is 2.64. The molecule has 3 rings (SSSR count). The second-order valence-electron chi connectivity index (χ2n) is 7.33. The lowest BCUT2D eigenvalue weighted by Gasteiger charge is -2.33. The number of hydrogen-bond donors (Lipinski definition) is 1. The number of nitrogens with one attached hydrogen (secondary N) is 1. The van der Waals surface area contributed by atoms with Crippen LogP contribution in [0.2, 0.25) is 0 Å². The first-order valence-electron chi connectivity index (χ1n) is 9.18. The van der Waals surface area contributed by atoms with E-state index in [2.05, 4.69) is 55.5 Å². The van der Waals surface area contributed by atoms with Crippen molar-refractivity contribution in [2.24, 2.45) is 5.92 Å². The number of carbonyl (C=O) groups is 1. The van der Waals surface area contributed by atoms with Crippen LogP contribution in [0.25, 0.3) is 0 Å². The molecule has 0 saturated carbocycles. The summed E-state index contributed by atoms with van der Waals surface area (Å²) in [6.45, 7) is 7.86. The molecule has 1 fully saturated rings. The predicted octanol–water partition coefficient (Wildman–Crippen LogP) is 4.26. The van der Waals surface area contributed by atoms with Crippen LogP contribution < -0.4 is 5.32 Å². The zero-order chi connectivity index (χ0) is 17.8. The van der Waals surface area contributed by atoms with Crippen molar-refractivity contribution in [3.8, 4) is 0 Å². The number of carbonyl (C=O) groups excluding carboxylic acids is 1. The van der Waals surface area contributed by atoms with Crippen molar-refractivity contribution in [2.75, 3.05) is 18.4 Å². The molecule has 5 nitrogen and oxygen atoms in total. The number of piperidine rings is 1. The predicted molar refractivity (Wildman–Crippen MR) is 101 cm³/mol. The summed E-state index contributed by atoms with van der Waals surface area (Å²) in [6, 6.07) is 10.8. The van der Waals surface area contributed by atoms with Gasteiger partial charge in [-0.2, -0.15) is 5.10 Å². The van der Waals surface area contributed by atoms with Crippen LogP contribution in [0.4, 0.5) is 10.6 Å². The van der Waals surface area contributed by atoms with E-state index in [0.717, 1.165) is 31.7 Å². The summed E-state index contributed by atoms with van der Waals surface area (Å²) < 4.78 is 1.84. The van der Waals surface area contributed by atoms with E-state index in [9.17, 15) is 4.79 Å². The third-order valence-electron chi connectivity index (χ3n) is 4.85. The summed E-state index contributed by atoms with van der Waals surface area (Å²) in [5, 5.41) is 7.30. The molecular formula is C20H28N4O. The monoisotopic (exact) mass is 340 g/mol. The van der Waals surface area contributed by atoms with Crippen LogP contribution in [-0.4, -0.2) is 33.8 Å². The molecule has 1 aromatic carbocycles. The molecule has 1 aliphatic rings. The number of hydrogen-bond acceptors (Lipinski definition) is 2. The molecule has 0 bridgehead atoms. The Balaban J connectivity index is 1.59. The average Bonchev–Trinajstić information content (AvgIpc) is 3.05. The molecule has 1 N–H and O–H groups in total. The first-order chi connectivity index (χ1) is 12.0. The number of aryl methyl sites for hydroxylation is 1. The van der Waals surface area contributed by atoms with E-state index in [-0.39, 0.29) is 12.1 Å². The van der Waals surface area contributed by atoms with E-state index in [4.69, 9.17) is 0 Å². The first-order valence-corrected chi connectivity index (χ1v) is 9.18. The summed E-state index contributed by atoms with van der Waals surface area (Å²) in [6.07, 6.45) is 5.01. The van der Waals surface area contributed by atoms with Crippen LogP contribution in [0.3, 0.4) is 0 Å². The van der Waals surface area contributed by atoms with Gasteiger partial charge in [0.1, 0.15) is 5.82 Å². The first kappa shape index (κ1) is 17.5. The summed E-state index contributed by atoms with van der Waals surface area (Å²) in [5.74, 6) is 1.29. The Bertz CT molecular complexity index is 705. The van der Waals surface area contributed by atoms with E-state index in [1.165, 1.54) is 17.5 Å². The van der Waals surface area contributed by atoms with Crippen LogP contribution in [0, 0.1) is 12.8 Å². The normalized spacial score (nSPS) is 17.8. The number of anilines is 1. The van der Waals surface area contributed by atoms with Gasteiger partial charge in [-0.3, -0.25) is 5.32 Å². The molecular weight excluding hydrogens is 312 g/mol. The fourth-order valence-corrected chi connectivity index (χ4v) is 3.49. The average molecular weight is 340 g/mol. The molecule has 25 heavy (non-hydrogen) atoms. The molecule has 1 saturated heterocycles. The Kier molecular flexibility index (Phi) is 5.41. The Morgan fingerprint density at radius 2 is 2.04 bits per heavy atom. The topological polar surface area (TPSA) is 50.2 Å². The highest BCUT2D eigenvalue weighted by Crippen LogP contribution is 2.22. The number of nitrogens with zero attached hydrogens (tertiary/aromatic N) is 3. The number of aromatic nitrogens is 2. The van der Waals surface area contributed by atoms with E-state index in [1.807, 2.05) is 15.6 Å². The van der Waals surface area contributed by atoms with E-state index >= 15 is 0 Å². The molecule has 2 amide bonds. The fraction of sp³-hybridized carbons (Fsp3) is 0.500. The Labute approximate surface area is 150 Å². The van der Waals surface area contributed by atoms with Gasteiger partial charge in [-0.25, -0.2) is 9.48 Å². The second kappa shape index (κ2) is 7.72. The van der Waals surface area contributed by atoms with Crippen LogP contribution in [0.15, 0.2) is 36.5 Å². The van der Waals surface area contributed by atoms with Crippen LogP contribution in [0.1, 0.15) is 43.9 Å². The van der Waals surface area contributed by atoms with Crippen molar-refractivity contribution in [3.05, 3.63) is 47.7 Å². The van der Waals surface area contributed by atoms with E-state index in [1.54, 1.807) is 6.20 Å². The SMILES string of the molecule is Cc1ccc(C[C@H]2CCCN(C(=O)Nc3ccnn3C(C)C)C2)cc1. The summed E-state index contributed by atoms with van der Waals surface area (Å²) in [7, 11) is 0. The minimum absolute atomic E-state index is 0.0176. The molecule has 0 aliphatic carbocycles. The molecule has 134 valence electrons. The van der Waals surface area contributed by atoms with Crippen LogP contribution >= 0.6 is 0 Å². The third kappa shape index (κ3) is 4.41. The lowest BCUT2D eigenvalue weighted by molar-refractivity contribution is 0.177. The van der Waals surface area contributed by atoms with Crippen LogP contribution in [0.5, 0.6) is 0 Å². The van der Waals surface area contributed by atoms with Gasteiger partial charge in [0.15, 0.2) is 0 Å². The van der Waals surface area contributed by atoms with Crippen molar-refractivity contribution in [3.63, 3.8) is 0 Å². The minimum Gasteiger partial charge on any atom is -0.324 e. The van der Waals surface area contributed by atoms with E-state index in [0.29, 0.717) is 5.92 Å². The maximum Gasteiger partial charge on any atom is 0.323 e. The Morgan fingerprint density at radius 1 is 1.28 bits per heavy atom. The number of urea groups is 1. The van der Waals surface area contributed by atoms with Gasteiger partial charge in [0, 0.05) is 25.2 Å². The molecule has 1 atom stereocenters. The van der Waals surface area contributed by atoms with Crippen molar-refractivity contribution in [1.82, 2.24) is 14.7 Å². The minimum atomic E-state index is -0.0176. The van der Waals surface area contributed by atoms with E-state index < -0.39 is 0 Å². The Morgan fingerprint density at radius 3 is 2.76 bits per heavy atom. The zero-order valence-corrected chi connectivity index (χ0v) is 15.4. The van der Waals surface area contributed by atoms with Gasteiger partial charge < -0.3 is 4.90 Å². The molecule has 2 aromatic rings. The summed E-state index contributed by atoms with van der Waals surface area (Å²) >= 11 is 0. The van der Waals surface area contributed by atoms with Crippen LogP contribution in [-0.2, 0) is 6.42 Å². The number of benzene rings is 1. The largest absolute Gasteiger partial charge is 0.324 e. The van der Waals surface area contributed by atoms with Gasteiger partial charge in [-0.15, -0.1) is 0 Å². The van der Waals surface area contributed by atoms with Gasteiger partial charge in [-0.05, 0) is 51.5 Å². The molecule has 1 aromatic heterocycles. The number of likely N-dealkylation sites (tertiary alicyclic amines) is 1. The van der Waals surface area contributed by atoms with Gasteiger partial charge >= 0.3 is 6.03 Å². The molecule has 1 aliphatic heterocycles. The highest BCUT2D eigenvalue weighted by atomic mass is 16.2. The highest BCUT2D eigenvalue weighted by Gasteiger charge is 2.24. The lowest BCUT2D eigenvalue weighted by atomic mass is 9.91. The van der Waals surface area contributed by atoms with Crippen molar-refractivity contribution in [2.45, 2.75) is 46.1 Å². The zero-order valence-electron chi connectivity index (χ0n) is 15.4. The second-order valence-corrected chi connectivity index (χ2v) is 7.33. The molecule has 0 unspecified atom stereocenters. The van der Waals surface area contributed by atoms with Crippen molar-refractivity contribution >= 4 is 11.8 Å². The maximum absolute atomic E-state index is 12.7. The Hall–Kier alpha value is -2.30. The van der Waals surface area contributed by atoms with Gasteiger partial charge in [-0.1, -0.05) is 29.8 Å². The third-order valence-corrected chi connectivity index (χ3v) is 4.85. The lowest BCUT2D eigenvalue weighted by Crippen LogP contribution is -2.43. The molecule has 0 spiro atoms. The highest BCUT2D eigenvalue weighted by molar-refractivity contribution is 5.88. The quantitative estimate of drug-likeness (QED) is 0.904. The standard InChI is InChI=1S/C20H28N4O/c1-15(2)24-19(10-11-21-24)22-20(25)23-12-4-5-18(14-23)13-17-8-6-16(3)7-9-17/h6-11,15,18H,4-5,12-14H2,1-3H3,(H,22,25)/t18-/m1/s1. The molecule has 2 heterocycles. The van der Waals surface area contributed by atoms with Crippen molar-refractivity contribution in [1.29, 1.82) is 0 Å². The molecule has 5 heteroatoms. The van der Waals surface area contributed by atoms with Gasteiger partial charge in [0.05, 0.1) is 6.20 Å². The van der Waals surface area contributed by atoms with Crippen molar-refractivity contribution < 1.29 is 4.79 Å². The number of rotatable bonds is 4. The fourth-order valence-electron chi connectivity index (χ4n) is 3.49. The van der Waals surface area contributed by atoms with Gasteiger partial charge in [0.2, 0.25) is 0 Å². The number of amides is 2. The van der Waals surface area contributed by atoms with Gasteiger partial charge in [0.25, 0.3) is 0 Å². The molecule has 0 radical (unpaired) electrons. The summed E-state index contributed by atoms with van der Waals surface area (Å²) in [4.78, 5) is 14.6. The smallest absolute Gasteiger partial charge is 0.323 e. The maximum atomic E-state index is 12.7.